The van der Waals surface area contributed by atoms with Gasteiger partial charge in [0.05, 0.1) is 17.1 Å². The first-order valence-corrected chi connectivity index (χ1v) is 6.74. The Balaban J connectivity index is 2.14. The fourth-order valence-electron chi connectivity index (χ4n) is 2.21. The number of nitrogens with two attached hydrogens (primary N) is 1. The number of para-hydroxylation sites is 1. The second-order valence-electron chi connectivity index (χ2n) is 4.34. The Hall–Kier alpha value is -2.20. The highest BCUT2D eigenvalue weighted by molar-refractivity contribution is 6.35. The Bertz CT molecular complexity index is 750. The number of nitrogens with zero attached hydrogens (tertiary/aromatic N) is 2. The molecule has 0 aliphatic heterocycles. The lowest BCUT2D eigenvalue weighted by atomic mass is 10.2. The summed E-state index contributed by atoms with van der Waals surface area (Å²) in [5, 5.41) is 0.596. The molecule has 0 bridgehead atoms. The lowest BCUT2D eigenvalue weighted by molar-refractivity contribution is 0.340. The van der Waals surface area contributed by atoms with Gasteiger partial charge in [0.25, 0.3) is 0 Å². The van der Waals surface area contributed by atoms with Crippen molar-refractivity contribution in [3.63, 3.8) is 0 Å². The first-order chi connectivity index (χ1) is 9.70. The summed E-state index contributed by atoms with van der Waals surface area (Å²) in [5.74, 6) is 1.24. The molecule has 0 saturated heterocycles. The second kappa shape index (κ2) is 5.06. The van der Waals surface area contributed by atoms with Crippen LogP contribution in [0.25, 0.3) is 16.7 Å². The lowest BCUT2D eigenvalue weighted by Crippen LogP contribution is -2.00. The van der Waals surface area contributed by atoms with Crippen molar-refractivity contribution < 1.29 is 4.74 Å². The molecule has 0 fully saturated rings. The Morgan fingerprint density at radius 1 is 1.20 bits per heavy atom. The Morgan fingerprint density at radius 2 is 1.95 bits per heavy atom. The minimum atomic E-state index is 0.414. The molecule has 1 aromatic heterocycles. The third-order valence-corrected chi connectivity index (χ3v) is 3.37. The normalized spacial score (nSPS) is 10.9. The third-order valence-electron chi connectivity index (χ3n) is 3.07. The highest BCUT2D eigenvalue weighted by Gasteiger charge is 2.12. The first-order valence-electron chi connectivity index (χ1n) is 6.36. The Morgan fingerprint density at radius 3 is 2.65 bits per heavy atom. The average Bonchev–Trinajstić information content (AvgIpc) is 2.78. The standard InChI is InChI=1S/C15H14ClN3O/c1-2-20-11-8-6-10(7-9-11)19-13-5-3-4-12(16)14(13)18-15(19)17/h3-9H,2H2,1H3,(H2,17,18). The second-order valence-corrected chi connectivity index (χ2v) is 4.75. The summed E-state index contributed by atoms with van der Waals surface area (Å²) in [7, 11) is 0. The van der Waals surface area contributed by atoms with Crippen molar-refractivity contribution in [1.82, 2.24) is 9.55 Å². The van der Waals surface area contributed by atoms with Crippen LogP contribution in [0.15, 0.2) is 42.5 Å². The van der Waals surface area contributed by atoms with Crippen molar-refractivity contribution >= 4 is 28.6 Å². The largest absolute Gasteiger partial charge is 0.494 e. The van der Waals surface area contributed by atoms with Crippen molar-refractivity contribution in [3.05, 3.63) is 47.5 Å². The van der Waals surface area contributed by atoms with Gasteiger partial charge in [-0.3, -0.25) is 4.57 Å². The molecule has 2 N–H and O–H groups in total. The molecule has 0 atom stereocenters. The van der Waals surface area contributed by atoms with Gasteiger partial charge in [-0.25, -0.2) is 4.98 Å². The zero-order chi connectivity index (χ0) is 14.1. The summed E-state index contributed by atoms with van der Waals surface area (Å²) < 4.78 is 7.31. The minimum absolute atomic E-state index is 0.414. The molecule has 20 heavy (non-hydrogen) atoms. The number of imidazole rings is 1. The Kier molecular flexibility index (Phi) is 3.24. The molecular weight excluding hydrogens is 274 g/mol. The van der Waals surface area contributed by atoms with Gasteiger partial charge in [0, 0.05) is 5.69 Å². The van der Waals surface area contributed by atoms with Gasteiger partial charge in [0.15, 0.2) is 0 Å². The molecule has 0 amide bonds. The summed E-state index contributed by atoms with van der Waals surface area (Å²) >= 11 is 6.14. The van der Waals surface area contributed by atoms with Crippen molar-refractivity contribution in [2.45, 2.75) is 6.92 Å². The van der Waals surface area contributed by atoms with Crippen LogP contribution in [0.5, 0.6) is 5.75 Å². The van der Waals surface area contributed by atoms with Gasteiger partial charge in [-0.05, 0) is 43.3 Å². The summed E-state index contributed by atoms with van der Waals surface area (Å²) in [6.45, 7) is 2.60. The van der Waals surface area contributed by atoms with Gasteiger partial charge in [-0.1, -0.05) is 17.7 Å². The molecule has 0 aliphatic carbocycles. The maximum atomic E-state index is 6.14. The van der Waals surface area contributed by atoms with E-state index in [2.05, 4.69) is 4.98 Å². The minimum Gasteiger partial charge on any atom is -0.494 e. The highest BCUT2D eigenvalue weighted by atomic mass is 35.5. The number of benzene rings is 2. The predicted octanol–water partition coefficient (Wildman–Crippen LogP) is 3.66. The molecule has 2 aromatic carbocycles. The molecular formula is C15H14ClN3O. The molecule has 4 nitrogen and oxygen atoms in total. The van der Waals surface area contributed by atoms with E-state index >= 15 is 0 Å². The van der Waals surface area contributed by atoms with Gasteiger partial charge in [-0.2, -0.15) is 0 Å². The van der Waals surface area contributed by atoms with Crippen LogP contribution >= 0.6 is 11.6 Å². The zero-order valence-corrected chi connectivity index (χ0v) is 11.8. The SMILES string of the molecule is CCOc1ccc(-n2c(N)nc3c(Cl)cccc32)cc1. The molecule has 3 aromatic rings. The fourth-order valence-corrected chi connectivity index (χ4v) is 2.42. The third kappa shape index (κ3) is 2.08. The van der Waals surface area contributed by atoms with Crippen LogP contribution < -0.4 is 10.5 Å². The van der Waals surface area contributed by atoms with E-state index in [1.807, 2.05) is 47.9 Å². The molecule has 0 spiro atoms. The molecule has 0 unspecified atom stereocenters. The number of nitrogen functional groups attached to an aromatic ring is 1. The summed E-state index contributed by atoms with van der Waals surface area (Å²) in [6, 6.07) is 13.4. The molecule has 0 radical (unpaired) electrons. The van der Waals surface area contributed by atoms with Crippen LogP contribution in [-0.2, 0) is 0 Å². The van der Waals surface area contributed by atoms with E-state index in [-0.39, 0.29) is 0 Å². The van der Waals surface area contributed by atoms with E-state index in [1.54, 1.807) is 6.07 Å². The number of ether oxygens (including phenoxy) is 1. The smallest absolute Gasteiger partial charge is 0.205 e. The van der Waals surface area contributed by atoms with Crippen molar-refractivity contribution in [2.24, 2.45) is 0 Å². The van der Waals surface area contributed by atoms with Crippen LogP contribution in [0.4, 0.5) is 5.95 Å². The van der Waals surface area contributed by atoms with Gasteiger partial charge in [0.1, 0.15) is 11.3 Å². The summed E-state index contributed by atoms with van der Waals surface area (Å²) in [5.41, 5.74) is 8.54. The molecule has 3 rings (SSSR count). The van der Waals surface area contributed by atoms with E-state index in [1.165, 1.54) is 0 Å². The van der Waals surface area contributed by atoms with Crippen molar-refractivity contribution in [1.29, 1.82) is 0 Å². The lowest BCUT2D eigenvalue weighted by Gasteiger charge is -2.08. The molecule has 0 aliphatic rings. The van der Waals surface area contributed by atoms with E-state index in [0.29, 0.717) is 23.1 Å². The Labute approximate surface area is 121 Å². The quantitative estimate of drug-likeness (QED) is 0.800. The topological polar surface area (TPSA) is 53.1 Å². The van der Waals surface area contributed by atoms with Gasteiger partial charge in [-0.15, -0.1) is 0 Å². The summed E-state index contributed by atoms with van der Waals surface area (Å²) in [4.78, 5) is 4.33. The molecule has 0 saturated carbocycles. The predicted molar refractivity (Wildman–Crippen MR) is 81.7 cm³/mol. The highest BCUT2D eigenvalue weighted by Crippen LogP contribution is 2.28. The van der Waals surface area contributed by atoms with Crippen LogP contribution in [0, 0.1) is 0 Å². The maximum Gasteiger partial charge on any atom is 0.205 e. The number of anilines is 1. The van der Waals surface area contributed by atoms with Gasteiger partial charge in [0.2, 0.25) is 5.95 Å². The molecule has 1 heterocycles. The van der Waals surface area contributed by atoms with E-state index < -0.39 is 0 Å². The molecule has 102 valence electrons. The number of hydrogen-bond acceptors (Lipinski definition) is 3. The van der Waals surface area contributed by atoms with E-state index in [4.69, 9.17) is 22.1 Å². The first kappa shape index (κ1) is 12.8. The van der Waals surface area contributed by atoms with E-state index in [9.17, 15) is 0 Å². The van der Waals surface area contributed by atoms with Crippen LogP contribution in [-0.4, -0.2) is 16.2 Å². The zero-order valence-electron chi connectivity index (χ0n) is 11.0. The number of fused-ring (bicyclic) bond motifs is 1. The maximum absolute atomic E-state index is 6.14. The molecule has 5 heteroatoms. The van der Waals surface area contributed by atoms with Crippen molar-refractivity contribution in [3.8, 4) is 11.4 Å². The number of hydrogen-bond donors (Lipinski definition) is 1. The number of rotatable bonds is 3. The van der Waals surface area contributed by atoms with Gasteiger partial charge >= 0.3 is 0 Å². The van der Waals surface area contributed by atoms with Crippen LogP contribution in [0.1, 0.15) is 6.92 Å². The van der Waals surface area contributed by atoms with Gasteiger partial charge < -0.3 is 10.5 Å². The van der Waals surface area contributed by atoms with Crippen LogP contribution in [0.3, 0.4) is 0 Å². The fraction of sp³-hybridized carbons (Fsp3) is 0.133. The number of aromatic nitrogens is 2. The van der Waals surface area contributed by atoms with Crippen molar-refractivity contribution in [2.75, 3.05) is 12.3 Å². The summed E-state index contributed by atoms with van der Waals surface area (Å²) in [6.07, 6.45) is 0. The number of halogens is 1. The van der Waals surface area contributed by atoms with E-state index in [0.717, 1.165) is 17.0 Å². The average molecular weight is 288 g/mol. The monoisotopic (exact) mass is 287 g/mol. The van der Waals surface area contributed by atoms with Crippen LogP contribution in [0.2, 0.25) is 5.02 Å².